The Hall–Kier alpha value is -1.90. The van der Waals surface area contributed by atoms with Crippen molar-refractivity contribution >= 4 is 10.0 Å². The average molecular weight is 379 g/mol. The van der Waals surface area contributed by atoms with Crippen LogP contribution in [0.3, 0.4) is 0 Å². The third-order valence-electron chi connectivity index (χ3n) is 4.35. The van der Waals surface area contributed by atoms with Crippen molar-refractivity contribution in [2.45, 2.75) is 37.7 Å². The van der Waals surface area contributed by atoms with Gasteiger partial charge in [-0.2, -0.15) is 5.10 Å². The van der Waals surface area contributed by atoms with Gasteiger partial charge in [0, 0.05) is 37.7 Å². The maximum Gasteiger partial charge on any atom is 0.240 e. The largest absolute Gasteiger partial charge is 0.494 e. The van der Waals surface area contributed by atoms with Gasteiger partial charge in [-0.1, -0.05) is 6.92 Å². The molecule has 0 aliphatic carbocycles. The molecule has 8 heteroatoms. The highest BCUT2D eigenvalue weighted by Gasteiger charge is 2.20. The summed E-state index contributed by atoms with van der Waals surface area (Å²) in [7, 11) is -1.64. The molecule has 1 N–H and O–H groups in total. The fourth-order valence-electron chi connectivity index (χ4n) is 3.01. The number of ether oxygens (including phenoxy) is 2. The number of nitrogens with one attached hydrogen (secondary N) is 1. The number of nitrogens with zero attached hydrogens (tertiary/aromatic N) is 2. The molecule has 1 aromatic carbocycles. The molecular weight excluding hydrogens is 354 g/mol. The predicted molar refractivity (Wildman–Crippen MR) is 97.7 cm³/mol. The molecule has 1 aromatic heterocycles. The van der Waals surface area contributed by atoms with E-state index in [1.165, 1.54) is 5.69 Å². The lowest BCUT2D eigenvalue weighted by Crippen LogP contribution is -2.26. The molecule has 0 saturated heterocycles. The maximum absolute atomic E-state index is 12.4. The van der Waals surface area contributed by atoms with E-state index in [9.17, 15) is 8.42 Å². The van der Waals surface area contributed by atoms with E-state index in [0.29, 0.717) is 38.5 Å². The zero-order valence-electron chi connectivity index (χ0n) is 15.2. The van der Waals surface area contributed by atoms with Gasteiger partial charge in [0.1, 0.15) is 5.75 Å². The summed E-state index contributed by atoms with van der Waals surface area (Å²) < 4.78 is 40.4. The van der Waals surface area contributed by atoms with Gasteiger partial charge < -0.3 is 9.47 Å². The number of hydrogen-bond donors (Lipinski definition) is 1. The van der Waals surface area contributed by atoms with Gasteiger partial charge in [0.15, 0.2) is 0 Å². The number of sulfonamides is 1. The van der Waals surface area contributed by atoms with E-state index >= 15 is 0 Å². The zero-order chi connectivity index (χ0) is 18.6. The van der Waals surface area contributed by atoms with E-state index < -0.39 is 10.0 Å². The standard InChI is InChI=1S/C18H25N3O4S/c1-3-11-25-14-4-6-15(7-5-14)26(22,23)19-10-8-17-16-13-24-12-9-18(16)21(2)20-17/h4-7,19H,3,8-13H2,1-2H3. The molecule has 2 aromatic rings. The Balaban J connectivity index is 1.60. The van der Waals surface area contributed by atoms with Gasteiger partial charge in [-0.15, -0.1) is 0 Å². The highest BCUT2D eigenvalue weighted by atomic mass is 32.2. The number of benzene rings is 1. The second kappa shape index (κ2) is 8.20. The SMILES string of the molecule is CCCOc1ccc(S(=O)(=O)NCCc2nn(C)c3c2COCC3)cc1. The van der Waals surface area contributed by atoms with Crippen molar-refractivity contribution < 1.29 is 17.9 Å². The third-order valence-corrected chi connectivity index (χ3v) is 5.83. The molecule has 3 rings (SSSR count). The summed E-state index contributed by atoms with van der Waals surface area (Å²) in [5.41, 5.74) is 3.17. The maximum atomic E-state index is 12.4. The van der Waals surface area contributed by atoms with Gasteiger partial charge in [-0.25, -0.2) is 13.1 Å². The minimum absolute atomic E-state index is 0.229. The average Bonchev–Trinajstić information content (AvgIpc) is 2.96. The van der Waals surface area contributed by atoms with Crippen LogP contribution in [0.2, 0.25) is 0 Å². The molecule has 1 aliphatic heterocycles. The van der Waals surface area contributed by atoms with E-state index in [1.807, 2.05) is 18.7 Å². The van der Waals surface area contributed by atoms with Crippen LogP contribution in [-0.2, 0) is 41.3 Å². The van der Waals surface area contributed by atoms with Crippen LogP contribution in [0.5, 0.6) is 5.75 Å². The van der Waals surface area contributed by atoms with Crippen molar-refractivity contribution in [3.8, 4) is 5.75 Å². The highest BCUT2D eigenvalue weighted by molar-refractivity contribution is 7.89. The van der Waals surface area contributed by atoms with Crippen molar-refractivity contribution in [2.24, 2.45) is 7.05 Å². The summed E-state index contributed by atoms with van der Waals surface area (Å²) in [6, 6.07) is 6.47. The van der Waals surface area contributed by atoms with Crippen LogP contribution in [0.4, 0.5) is 0 Å². The lowest BCUT2D eigenvalue weighted by molar-refractivity contribution is 0.108. The molecule has 0 unspecified atom stereocenters. The Morgan fingerprint density at radius 3 is 2.81 bits per heavy atom. The molecule has 2 heterocycles. The van der Waals surface area contributed by atoms with Gasteiger partial charge in [-0.3, -0.25) is 4.68 Å². The smallest absolute Gasteiger partial charge is 0.240 e. The van der Waals surface area contributed by atoms with E-state index in [-0.39, 0.29) is 4.90 Å². The lowest BCUT2D eigenvalue weighted by Gasteiger charge is -2.13. The quantitative estimate of drug-likeness (QED) is 0.756. The van der Waals surface area contributed by atoms with E-state index in [4.69, 9.17) is 9.47 Å². The molecule has 0 bridgehead atoms. The Bertz CT molecular complexity index is 844. The number of hydrogen-bond acceptors (Lipinski definition) is 5. The van der Waals surface area contributed by atoms with Crippen LogP contribution in [0.25, 0.3) is 0 Å². The Morgan fingerprint density at radius 2 is 2.08 bits per heavy atom. The second-order valence-electron chi connectivity index (χ2n) is 6.27. The van der Waals surface area contributed by atoms with E-state index in [1.54, 1.807) is 24.3 Å². The monoisotopic (exact) mass is 379 g/mol. The lowest BCUT2D eigenvalue weighted by atomic mass is 10.1. The molecule has 7 nitrogen and oxygen atoms in total. The van der Waals surface area contributed by atoms with Gasteiger partial charge in [0.2, 0.25) is 10.0 Å². The summed E-state index contributed by atoms with van der Waals surface area (Å²) in [4.78, 5) is 0.229. The summed E-state index contributed by atoms with van der Waals surface area (Å²) >= 11 is 0. The topological polar surface area (TPSA) is 82.5 Å². The van der Waals surface area contributed by atoms with Gasteiger partial charge >= 0.3 is 0 Å². The Labute approximate surface area is 154 Å². The molecule has 26 heavy (non-hydrogen) atoms. The molecule has 0 radical (unpaired) electrons. The van der Waals surface area contributed by atoms with Crippen LogP contribution in [0, 0.1) is 0 Å². The normalized spacial score (nSPS) is 14.2. The first-order valence-electron chi connectivity index (χ1n) is 8.85. The molecule has 1 aliphatic rings. The first-order valence-corrected chi connectivity index (χ1v) is 10.3. The van der Waals surface area contributed by atoms with Crippen LogP contribution in [0.1, 0.15) is 30.3 Å². The fraction of sp³-hybridized carbons (Fsp3) is 0.500. The van der Waals surface area contributed by atoms with Gasteiger partial charge in [-0.05, 0) is 30.7 Å². The third kappa shape index (κ3) is 4.25. The molecule has 0 atom stereocenters. The molecular formula is C18H25N3O4S. The number of rotatable bonds is 8. The summed E-state index contributed by atoms with van der Waals surface area (Å²) in [5.74, 6) is 0.672. The van der Waals surface area contributed by atoms with Crippen molar-refractivity contribution in [3.63, 3.8) is 0 Å². The Morgan fingerprint density at radius 1 is 1.31 bits per heavy atom. The van der Waals surface area contributed by atoms with Crippen molar-refractivity contribution in [1.29, 1.82) is 0 Å². The number of aromatic nitrogens is 2. The minimum Gasteiger partial charge on any atom is -0.494 e. The summed E-state index contributed by atoms with van der Waals surface area (Å²) in [6.45, 7) is 4.18. The van der Waals surface area contributed by atoms with Crippen LogP contribution in [0.15, 0.2) is 29.2 Å². The summed E-state index contributed by atoms with van der Waals surface area (Å²) in [6.07, 6.45) is 2.28. The highest BCUT2D eigenvalue weighted by Crippen LogP contribution is 2.21. The molecule has 0 fully saturated rings. The molecule has 0 saturated carbocycles. The van der Waals surface area contributed by atoms with Crippen molar-refractivity contribution in [2.75, 3.05) is 19.8 Å². The first-order chi connectivity index (χ1) is 12.5. The van der Waals surface area contributed by atoms with Crippen LogP contribution >= 0.6 is 0 Å². The number of fused-ring (bicyclic) bond motifs is 1. The van der Waals surface area contributed by atoms with Crippen LogP contribution in [-0.4, -0.2) is 38.0 Å². The molecule has 0 spiro atoms. The van der Waals surface area contributed by atoms with Gasteiger partial charge in [0.25, 0.3) is 0 Å². The van der Waals surface area contributed by atoms with Crippen molar-refractivity contribution in [1.82, 2.24) is 14.5 Å². The summed E-state index contributed by atoms with van der Waals surface area (Å²) in [5, 5.41) is 4.51. The number of aryl methyl sites for hydroxylation is 1. The molecule has 142 valence electrons. The van der Waals surface area contributed by atoms with E-state index in [2.05, 4.69) is 9.82 Å². The molecule has 0 amide bonds. The van der Waals surface area contributed by atoms with E-state index in [0.717, 1.165) is 24.1 Å². The van der Waals surface area contributed by atoms with Crippen LogP contribution < -0.4 is 9.46 Å². The fourth-order valence-corrected chi connectivity index (χ4v) is 4.04. The van der Waals surface area contributed by atoms with Gasteiger partial charge in [0.05, 0.1) is 30.4 Å². The zero-order valence-corrected chi connectivity index (χ0v) is 16.0. The predicted octanol–water partition coefficient (Wildman–Crippen LogP) is 1.80. The Kier molecular flexibility index (Phi) is 5.95. The van der Waals surface area contributed by atoms with Crippen molar-refractivity contribution in [3.05, 3.63) is 41.2 Å². The first kappa shape index (κ1) is 18.9. The second-order valence-corrected chi connectivity index (χ2v) is 8.03. The minimum atomic E-state index is -3.55.